The zero-order valence-corrected chi connectivity index (χ0v) is 11.7. The number of nitrogens with one attached hydrogen (secondary N) is 2. The minimum Gasteiger partial charge on any atom is -0.316 e. The van der Waals surface area contributed by atoms with Crippen molar-refractivity contribution in [3.63, 3.8) is 0 Å². The Morgan fingerprint density at radius 1 is 0.833 bits per heavy atom. The van der Waals surface area contributed by atoms with Gasteiger partial charge in [0.15, 0.2) is 13.1 Å². The molecule has 0 aromatic heterocycles. The van der Waals surface area contributed by atoms with Gasteiger partial charge in [-0.3, -0.25) is 20.4 Å². The topological polar surface area (TPSA) is 110 Å². The van der Waals surface area contributed by atoms with Crippen LogP contribution in [-0.2, 0) is 9.59 Å². The summed E-state index contributed by atoms with van der Waals surface area (Å²) in [7, 11) is 7.77. The van der Waals surface area contributed by atoms with Crippen molar-refractivity contribution >= 4 is 11.8 Å². The van der Waals surface area contributed by atoms with Crippen LogP contribution in [0.1, 0.15) is 0 Å². The van der Waals surface area contributed by atoms with Crippen LogP contribution in [0.5, 0.6) is 0 Å². The van der Waals surface area contributed by atoms with Gasteiger partial charge < -0.3 is 8.97 Å². The number of carbonyl (C=O) groups is 2. The second-order valence-corrected chi connectivity index (χ2v) is 5.77. The predicted octanol–water partition coefficient (Wildman–Crippen LogP) is -2.88. The summed E-state index contributed by atoms with van der Waals surface area (Å²) in [5.74, 6) is 9.72. The highest BCUT2D eigenvalue weighted by molar-refractivity contribution is 5.76. The normalized spacial score (nSPS) is 12.1. The molecule has 2 amide bonds. The lowest BCUT2D eigenvalue weighted by molar-refractivity contribution is -0.938. The Morgan fingerprint density at radius 3 is 1.33 bits per heavy atom. The van der Waals surface area contributed by atoms with Crippen LogP contribution in [0.15, 0.2) is 0 Å². The lowest BCUT2D eigenvalue weighted by atomic mass is 10.3. The highest BCUT2D eigenvalue weighted by Crippen LogP contribution is 2.02. The number of carbonyl (C=O) groups excluding carboxylic acids is 2. The van der Waals surface area contributed by atoms with Crippen LogP contribution in [0, 0.1) is 0 Å². The molecule has 18 heavy (non-hydrogen) atoms. The van der Waals surface area contributed by atoms with Crippen molar-refractivity contribution in [3.05, 3.63) is 0 Å². The fourth-order valence-corrected chi connectivity index (χ4v) is 1.57. The van der Waals surface area contributed by atoms with Crippen LogP contribution in [0.4, 0.5) is 0 Å². The van der Waals surface area contributed by atoms with Crippen LogP contribution in [-0.4, -0.2) is 75.2 Å². The predicted molar refractivity (Wildman–Crippen MR) is 68.3 cm³/mol. The van der Waals surface area contributed by atoms with Crippen LogP contribution < -0.4 is 22.5 Å². The monoisotopic (exact) mass is 262 g/mol. The van der Waals surface area contributed by atoms with Gasteiger partial charge >= 0.3 is 0 Å². The first-order valence-corrected chi connectivity index (χ1v) is 5.75. The second kappa shape index (κ2) is 6.64. The molecule has 6 N–H and O–H groups in total. The third kappa shape index (κ3) is 7.17. The van der Waals surface area contributed by atoms with E-state index in [1.165, 1.54) is 0 Å². The summed E-state index contributed by atoms with van der Waals surface area (Å²) in [6.07, 6.45) is 0. The summed E-state index contributed by atoms with van der Waals surface area (Å²) >= 11 is 0. The minimum absolute atomic E-state index is 0.204. The first-order valence-electron chi connectivity index (χ1n) is 5.75. The molecule has 0 aliphatic carbocycles. The molecule has 0 saturated carbocycles. The maximum Gasteiger partial charge on any atom is 0.289 e. The zero-order chi connectivity index (χ0) is 14.4. The van der Waals surface area contributed by atoms with Crippen molar-refractivity contribution in [2.45, 2.75) is 0 Å². The number of hydrogen-bond donors (Lipinski definition) is 4. The van der Waals surface area contributed by atoms with Crippen molar-refractivity contribution in [2.24, 2.45) is 11.7 Å². The average Bonchev–Trinajstić information content (AvgIpc) is 2.25. The van der Waals surface area contributed by atoms with Gasteiger partial charge in [-0.15, -0.1) is 0 Å². The van der Waals surface area contributed by atoms with E-state index in [1.807, 2.05) is 28.2 Å². The molecular formula is C10H26N6O2+2. The molecule has 8 nitrogen and oxygen atoms in total. The molecule has 0 aliphatic heterocycles. The van der Waals surface area contributed by atoms with Crippen LogP contribution in [0.25, 0.3) is 0 Å². The first kappa shape index (κ1) is 16.8. The molecular weight excluding hydrogens is 236 g/mol. The molecule has 0 aromatic rings. The molecule has 0 atom stereocenters. The molecule has 0 rings (SSSR count). The SMILES string of the molecule is C[N+](C)(CC[N+](C)(C)CC(=O)NN)CC(=O)NN. The Hall–Kier alpha value is -1.22. The lowest BCUT2D eigenvalue weighted by Crippen LogP contribution is -2.56. The third-order valence-corrected chi connectivity index (χ3v) is 2.78. The fraction of sp³-hybridized carbons (Fsp3) is 0.800. The van der Waals surface area contributed by atoms with E-state index in [2.05, 4.69) is 10.9 Å². The summed E-state index contributed by atoms with van der Waals surface area (Å²) in [5, 5.41) is 0. The lowest BCUT2D eigenvalue weighted by Gasteiger charge is -2.34. The van der Waals surface area contributed by atoms with E-state index < -0.39 is 0 Å². The van der Waals surface area contributed by atoms with Gasteiger partial charge in [-0.05, 0) is 0 Å². The van der Waals surface area contributed by atoms with E-state index in [-0.39, 0.29) is 11.8 Å². The first-order chi connectivity index (χ1) is 8.12. The summed E-state index contributed by atoms with van der Waals surface area (Å²) in [4.78, 5) is 22.5. The van der Waals surface area contributed by atoms with Gasteiger partial charge in [0.25, 0.3) is 11.8 Å². The van der Waals surface area contributed by atoms with Gasteiger partial charge in [-0.2, -0.15) is 0 Å². The zero-order valence-electron chi connectivity index (χ0n) is 11.7. The van der Waals surface area contributed by atoms with Crippen molar-refractivity contribution in [2.75, 3.05) is 54.4 Å². The van der Waals surface area contributed by atoms with Gasteiger partial charge in [0.2, 0.25) is 0 Å². The number of likely N-dealkylation sites (N-methyl/N-ethyl adjacent to an activating group) is 2. The molecule has 8 heteroatoms. The Kier molecular flexibility index (Phi) is 6.19. The Bertz CT molecular complexity index is 273. The number of nitrogens with zero attached hydrogens (tertiary/aromatic N) is 2. The van der Waals surface area contributed by atoms with Crippen molar-refractivity contribution in [1.29, 1.82) is 0 Å². The molecule has 0 bridgehead atoms. The van der Waals surface area contributed by atoms with Crippen LogP contribution in [0.2, 0.25) is 0 Å². The molecule has 0 fully saturated rings. The number of nitrogens with two attached hydrogens (primary N) is 2. The van der Waals surface area contributed by atoms with Gasteiger partial charge in [-0.25, -0.2) is 11.7 Å². The van der Waals surface area contributed by atoms with Crippen LogP contribution in [0.3, 0.4) is 0 Å². The fourth-order valence-electron chi connectivity index (χ4n) is 1.57. The van der Waals surface area contributed by atoms with Gasteiger partial charge in [0.05, 0.1) is 28.2 Å². The van der Waals surface area contributed by atoms with Crippen molar-refractivity contribution in [3.8, 4) is 0 Å². The average molecular weight is 262 g/mol. The van der Waals surface area contributed by atoms with E-state index in [9.17, 15) is 9.59 Å². The highest BCUT2D eigenvalue weighted by atomic mass is 16.2. The number of hydrazine groups is 2. The minimum atomic E-state index is -0.204. The quantitative estimate of drug-likeness (QED) is 0.171. The Balaban J connectivity index is 4.28. The summed E-state index contributed by atoms with van der Waals surface area (Å²) in [5.41, 5.74) is 4.24. The molecule has 0 heterocycles. The molecule has 0 saturated heterocycles. The smallest absolute Gasteiger partial charge is 0.289 e. The summed E-state index contributed by atoms with van der Waals surface area (Å²) in [6, 6.07) is 0. The van der Waals surface area contributed by atoms with Crippen molar-refractivity contribution < 1.29 is 18.6 Å². The van der Waals surface area contributed by atoms with E-state index in [4.69, 9.17) is 11.7 Å². The standard InChI is InChI=1S/C10H24N6O2/c1-15(2,7-9(17)13-11)5-6-16(3,4)8-10(18)14-12/h5-8,11-12H2,1-4H3/p+2. The molecule has 106 valence electrons. The van der Waals surface area contributed by atoms with E-state index in [1.54, 1.807) is 0 Å². The largest absolute Gasteiger partial charge is 0.316 e. The van der Waals surface area contributed by atoms with Crippen molar-refractivity contribution in [1.82, 2.24) is 10.9 Å². The van der Waals surface area contributed by atoms with Gasteiger partial charge in [-0.1, -0.05) is 0 Å². The Labute approximate surface area is 108 Å². The molecule has 0 spiro atoms. The van der Waals surface area contributed by atoms with E-state index >= 15 is 0 Å². The Morgan fingerprint density at radius 2 is 1.11 bits per heavy atom. The van der Waals surface area contributed by atoms with Gasteiger partial charge in [0, 0.05) is 0 Å². The van der Waals surface area contributed by atoms with E-state index in [0.717, 1.165) is 13.1 Å². The third-order valence-electron chi connectivity index (χ3n) is 2.78. The molecule has 0 radical (unpaired) electrons. The van der Waals surface area contributed by atoms with E-state index in [0.29, 0.717) is 22.1 Å². The number of amides is 2. The summed E-state index contributed by atoms with van der Waals surface area (Å²) in [6.45, 7) is 2.11. The van der Waals surface area contributed by atoms with Gasteiger partial charge in [0.1, 0.15) is 13.1 Å². The number of rotatable bonds is 7. The number of quaternary nitrogens is 2. The maximum atomic E-state index is 11.2. The molecule has 0 aromatic carbocycles. The van der Waals surface area contributed by atoms with Crippen LogP contribution >= 0.6 is 0 Å². The maximum absolute atomic E-state index is 11.2. The molecule has 0 unspecified atom stereocenters. The summed E-state index contributed by atoms with van der Waals surface area (Å²) < 4.78 is 1.02. The second-order valence-electron chi connectivity index (χ2n) is 5.77. The molecule has 0 aliphatic rings. The highest BCUT2D eigenvalue weighted by Gasteiger charge is 2.26. The number of hydrogen-bond acceptors (Lipinski definition) is 4.